The molecule has 4 aromatic carbocycles. The minimum absolute atomic E-state index is 0.00861. The van der Waals surface area contributed by atoms with Crippen molar-refractivity contribution in [3.63, 3.8) is 0 Å². The van der Waals surface area contributed by atoms with Gasteiger partial charge in [-0.1, -0.05) is 124 Å². The normalized spacial score (nSPS) is 12.9. The molecule has 1 nitrogen and oxygen atoms in total. The van der Waals surface area contributed by atoms with E-state index in [0.717, 1.165) is 56.4 Å². The summed E-state index contributed by atoms with van der Waals surface area (Å²) in [4.78, 5) is 0. The maximum absolute atomic E-state index is 7.03. The number of hydrogen-bond donors (Lipinski definition) is 0. The van der Waals surface area contributed by atoms with E-state index < -0.39 is 0 Å². The lowest BCUT2D eigenvalue weighted by atomic mass is 9.98. The molecule has 192 valence electrons. The van der Waals surface area contributed by atoms with Crippen LogP contribution in [-0.4, -0.2) is 0 Å². The van der Waals surface area contributed by atoms with Gasteiger partial charge in [0.2, 0.25) is 0 Å². The van der Waals surface area contributed by atoms with Crippen LogP contribution in [0.15, 0.2) is 115 Å². The molecule has 0 aliphatic heterocycles. The Morgan fingerprint density at radius 1 is 0.514 bits per heavy atom. The molecular formula is C32H30Br4O. The third kappa shape index (κ3) is 8.90. The van der Waals surface area contributed by atoms with Gasteiger partial charge >= 0.3 is 0 Å². The minimum atomic E-state index is -0.00861. The number of benzene rings is 4. The third-order valence-electron chi connectivity index (χ3n) is 6.47. The van der Waals surface area contributed by atoms with E-state index in [1.807, 2.05) is 0 Å². The second-order valence-electron chi connectivity index (χ2n) is 9.20. The topological polar surface area (TPSA) is 9.23 Å². The van der Waals surface area contributed by atoms with Gasteiger partial charge in [0.15, 0.2) is 0 Å². The molecule has 0 saturated heterocycles. The first-order chi connectivity index (χ1) is 18.0. The summed E-state index contributed by atoms with van der Waals surface area (Å²) in [5.74, 6) is 0. The molecule has 0 heterocycles. The van der Waals surface area contributed by atoms with E-state index in [1.54, 1.807) is 0 Å². The van der Waals surface area contributed by atoms with Crippen molar-refractivity contribution in [3.05, 3.63) is 137 Å². The highest BCUT2D eigenvalue weighted by Gasteiger charge is 2.23. The fourth-order valence-electron chi connectivity index (χ4n) is 4.63. The Morgan fingerprint density at radius 3 is 1.35 bits per heavy atom. The Balaban J connectivity index is 1.53. The van der Waals surface area contributed by atoms with Crippen LogP contribution in [0, 0.1) is 0 Å². The molecule has 0 N–H and O–H groups in total. The van der Waals surface area contributed by atoms with Crippen molar-refractivity contribution >= 4 is 63.7 Å². The molecule has 37 heavy (non-hydrogen) atoms. The van der Waals surface area contributed by atoms with Crippen LogP contribution in [0.5, 0.6) is 0 Å². The van der Waals surface area contributed by atoms with Crippen LogP contribution in [-0.2, 0) is 17.6 Å². The predicted molar refractivity (Wildman–Crippen MR) is 169 cm³/mol. The molecule has 0 bridgehead atoms. The molecule has 2 atom stereocenters. The lowest BCUT2D eigenvalue weighted by Gasteiger charge is -2.27. The summed E-state index contributed by atoms with van der Waals surface area (Å²) < 4.78 is 11.5. The number of hydrogen-bond acceptors (Lipinski definition) is 1. The van der Waals surface area contributed by atoms with Gasteiger partial charge in [-0.25, -0.2) is 0 Å². The van der Waals surface area contributed by atoms with Gasteiger partial charge in [-0.2, -0.15) is 0 Å². The molecular weight excluding hydrogens is 720 g/mol. The fraction of sp³-hybridized carbons (Fsp3) is 0.250. The van der Waals surface area contributed by atoms with Crippen molar-refractivity contribution in [1.82, 2.24) is 0 Å². The molecule has 0 amide bonds. The van der Waals surface area contributed by atoms with Gasteiger partial charge in [0.1, 0.15) is 0 Å². The van der Waals surface area contributed by atoms with Gasteiger partial charge in [0, 0.05) is 17.9 Å². The van der Waals surface area contributed by atoms with Crippen molar-refractivity contribution in [1.29, 1.82) is 0 Å². The molecule has 0 aliphatic carbocycles. The molecule has 4 aromatic rings. The maximum atomic E-state index is 7.03. The number of rotatable bonds is 12. The van der Waals surface area contributed by atoms with Gasteiger partial charge in [-0.3, -0.25) is 0 Å². The number of ether oxygens (including phenoxy) is 1. The molecule has 0 aliphatic rings. The summed E-state index contributed by atoms with van der Waals surface area (Å²) in [6.45, 7) is 0. The van der Waals surface area contributed by atoms with Crippen molar-refractivity contribution in [2.45, 2.75) is 50.7 Å². The van der Waals surface area contributed by atoms with Crippen LogP contribution >= 0.6 is 63.7 Å². The summed E-state index contributed by atoms with van der Waals surface area (Å²) in [5.41, 5.74) is 5.11. The first-order valence-electron chi connectivity index (χ1n) is 12.6. The average Bonchev–Trinajstić information content (AvgIpc) is 2.88. The van der Waals surface area contributed by atoms with E-state index in [0.29, 0.717) is 0 Å². The monoisotopic (exact) mass is 746 g/mol. The minimum Gasteiger partial charge on any atom is -0.366 e. The van der Waals surface area contributed by atoms with E-state index >= 15 is 0 Å². The Morgan fingerprint density at radius 2 is 0.946 bits per heavy atom. The summed E-state index contributed by atoms with van der Waals surface area (Å²) in [6.07, 6.45) is 6.01. The number of halogens is 4. The van der Waals surface area contributed by atoms with Crippen LogP contribution in [0.1, 0.15) is 60.1 Å². The van der Waals surface area contributed by atoms with E-state index in [1.165, 1.54) is 22.3 Å². The molecule has 5 heteroatoms. The first kappa shape index (κ1) is 28.8. The van der Waals surface area contributed by atoms with Gasteiger partial charge in [0.05, 0.1) is 12.2 Å². The van der Waals surface area contributed by atoms with Crippen LogP contribution in [0.25, 0.3) is 0 Å². The SMILES string of the molecule is Brc1cccc(CCCC(OC(CCCc2cccc(Br)c2)c2ccccc2Br)c2ccccc2Br)c1. The first-order valence-corrected chi connectivity index (χ1v) is 15.8. The molecule has 0 fully saturated rings. The highest BCUT2D eigenvalue weighted by Crippen LogP contribution is 2.38. The zero-order chi connectivity index (χ0) is 26.0. The lowest BCUT2D eigenvalue weighted by molar-refractivity contribution is -0.0264. The summed E-state index contributed by atoms with van der Waals surface area (Å²) in [5, 5.41) is 0. The van der Waals surface area contributed by atoms with Crippen molar-refractivity contribution in [3.8, 4) is 0 Å². The number of aryl methyl sites for hydroxylation is 2. The van der Waals surface area contributed by atoms with Crippen LogP contribution in [0.2, 0.25) is 0 Å². The van der Waals surface area contributed by atoms with Gasteiger partial charge in [-0.05, 0) is 97.2 Å². The van der Waals surface area contributed by atoms with Gasteiger partial charge in [0.25, 0.3) is 0 Å². The smallest absolute Gasteiger partial charge is 0.0844 e. The third-order valence-corrected chi connectivity index (χ3v) is 8.91. The Kier molecular flexibility index (Phi) is 11.5. The van der Waals surface area contributed by atoms with E-state index in [2.05, 4.69) is 161 Å². The molecule has 0 saturated carbocycles. The highest BCUT2D eigenvalue weighted by molar-refractivity contribution is 9.11. The second-order valence-corrected chi connectivity index (χ2v) is 12.7. The molecule has 0 radical (unpaired) electrons. The van der Waals surface area contributed by atoms with Crippen LogP contribution < -0.4 is 0 Å². The van der Waals surface area contributed by atoms with Gasteiger partial charge < -0.3 is 4.74 Å². The van der Waals surface area contributed by atoms with Crippen molar-refractivity contribution in [2.24, 2.45) is 0 Å². The molecule has 4 rings (SSSR count). The largest absolute Gasteiger partial charge is 0.366 e. The highest BCUT2D eigenvalue weighted by atomic mass is 79.9. The molecule has 0 spiro atoms. The second kappa shape index (κ2) is 14.8. The van der Waals surface area contributed by atoms with E-state index in [-0.39, 0.29) is 12.2 Å². The summed E-state index contributed by atoms with van der Waals surface area (Å²) >= 11 is 14.8. The molecule has 2 unspecified atom stereocenters. The standard InChI is InChI=1S/C32H30Br4O/c33-25-13-5-9-23(21-25)11-7-19-31(27-15-1-3-17-29(27)35)37-32(28-16-2-4-18-30(28)36)20-8-12-24-10-6-14-26(34)22-24/h1-6,9-10,13-18,21-22,31-32H,7-8,11-12,19-20H2. The Bertz CT molecular complexity index is 1190. The zero-order valence-corrected chi connectivity index (χ0v) is 26.9. The Labute approximate surface area is 254 Å². The maximum Gasteiger partial charge on any atom is 0.0844 e. The van der Waals surface area contributed by atoms with Crippen molar-refractivity contribution in [2.75, 3.05) is 0 Å². The van der Waals surface area contributed by atoms with Crippen LogP contribution in [0.3, 0.4) is 0 Å². The fourth-order valence-corrected chi connectivity index (χ4v) is 6.61. The summed E-state index contributed by atoms with van der Waals surface area (Å²) in [7, 11) is 0. The summed E-state index contributed by atoms with van der Waals surface area (Å²) in [6, 6.07) is 34.1. The predicted octanol–water partition coefficient (Wildman–Crippen LogP) is 11.6. The van der Waals surface area contributed by atoms with Crippen LogP contribution in [0.4, 0.5) is 0 Å². The molecule has 0 aromatic heterocycles. The van der Waals surface area contributed by atoms with Crippen molar-refractivity contribution < 1.29 is 4.74 Å². The average molecular weight is 750 g/mol. The van der Waals surface area contributed by atoms with Gasteiger partial charge in [-0.15, -0.1) is 0 Å². The van der Waals surface area contributed by atoms with E-state index in [4.69, 9.17) is 4.74 Å². The van der Waals surface area contributed by atoms with E-state index in [9.17, 15) is 0 Å². The Hall–Kier alpha value is -1.24. The zero-order valence-electron chi connectivity index (χ0n) is 20.6. The quantitative estimate of drug-likeness (QED) is 0.140. The lowest BCUT2D eigenvalue weighted by Crippen LogP contribution is -2.13.